The lowest BCUT2D eigenvalue weighted by Crippen LogP contribution is -2.50. The largest absolute Gasteiger partial charge is 0.465 e. The third kappa shape index (κ3) is 5.75. The first-order chi connectivity index (χ1) is 7.60. The van der Waals surface area contributed by atoms with E-state index in [-0.39, 0.29) is 5.97 Å². The van der Waals surface area contributed by atoms with Crippen molar-refractivity contribution < 1.29 is 9.53 Å². The van der Waals surface area contributed by atoms with Gasteiger partial charge in [-0.25, -0.2) is 0 Å². The van der Waals surface area contributed by atoms with E-state index in [0.717, 1.165) is 31.6 Å². The summed E-state index contributed by atoms with van der Waals surface area (Å²) in [5.41, 5.74) is -0.512. The van der Waals surface area contributed by atoms with Gasteiger partial charge in [-0.15, -0.1) is 0 Å². The molecule has 1 N–H and O–H groups in total. The number of nitrogens with one attached hydrogen (secondary N) is 1. The first kappa shape index (κ1) is 15.8. The molecule has 3 nitrogen and oxygen atoms in total. The lowest BCUT2D eigenvalue weighted by atomic mass is 9.96. The van der Waals surface area contributed by atoms with Crippen LogP contribution >= 0.6 is 11.8 Å². The van der Waals surface area contributed by atoms with Gasteiger partial charge in [-0.05, 0) is 51.7 Å². The van der Waals surface area contributed by atoms with Gasteiger partial charge in [0.25, 0.3) is 0 Å². The van der Waals surface area contributed by atoms with Crippen LogP contribution in [0.15, 0.2) is 0 Å². The normalized spacial score (nSPS) is 14.5. The number of carbonyl (C=O) groups is 1. The molecule has 4 heteroatoms. The van der Waals surface area contributed by atoms with Gasteiger partial charge in [0.1, 0.15) is 5.54 Å². The fourth-order valence-corrected chi connectivity index (χ4v) is 1.96. The van der Waals surface area contributed by atoms with Gasteiger partial charge in [-0.1, -0.05) is 6.92 Å². The Kier molecular flexibility index (Phi) is 8.76. The molecule has 0 amide bonds. The van der Waals surface area contributed by atoms with E-state index < -0.39 is 5.54 Å². The van der Waals surface area contributed by atoms with Crippen LogP contribution in [0.2, 0.25) is 0 Å². The molecule has 0 saturated carbocycles. The second kappa shape index (κ2) is 8.88. The summed E-state index contributed by atoms with van der Waals surface area (Å²) in [6.07, 6.45) is 4.98. The second-order valence-corrected chi connectivity index (χ2v) is 5.06. The van der Waals surface area contributed by atoms with Crippen LogP contribution in [0.4, 0.5) is 0 Å². The van der Waals surface area contributed by atoms with Crippen molar-refractivity contribution in [3.05, 3.63) is 0 Å². The van der Waals surface area contributed by atoms with Crippen molar-refractivity contribution in [1.29, 1.82) is 0 Å². The number of hydrogen-bond donors (Lipinski definition) is 1. The molecule has 0 aromatic carbocycles. The number of hydrogen-bond acceptors (Lipinski definition) is 4. The zero-order valence-corrected chi connectivity index (χ0v) is 11.8. The molecule has 0 aromatic rings. The van der Waals surface area contributed by atoms with Crippen molar-refractivity contribution in [1.82, 2.24) is 5.32 Å². The van der Waals surface area contributed by atoms with Gasteiger partial charge in [0.15, 0.2) is 0 Å². The zero-order chi connectivity index (χ0) is 12.4. The zero-order valence-electron chi connectivity index (χ0n) is 11.0. The van der Waals surface area contributed by atoms with Crippen LogP contribution in [0, 0.1) is 0 Å². The third-order valence-corrected chi connectivity index (χ3v) is 3.21. The maximum absolute atomic E-state index is 11.9. The topological polar surface area (TPSA) is 38.3 Å². The van der Waals surface area contributed by atoms with E-state index in [4.69, 9.17) is 4.74 Å². The fraction of sp³-hybridized carbons (Fsp3) is 0.917. The second-order valence-electron chi connectivity index (χ2n) is 4.08. The van der Waals surface area contributed by atoms with Crippen LogP contribution in [0.25, 0.3) is 0 Å². The fourth-order valence-electron chi connectivity index (χ4n) is 1.52. The molecule has 16 heavy (non-hydrogen) atoms. The number of esters is 1. The molecule has 0 rings (SSSR count). The molecule has 0 fully saturated rings. The molecule has 0 radical (unpaired) electrons. The molecular weight excluding hydrogens is 222 g/mol. The Morgan fingerprint density at radius 3 is 2.62 bits per heavy atom. The van der Waals surface area contributed by atoms with E-state index >= 15 is 0 Å². The predicted octanol–water partition coefficient (Wildman–Crippen LogP) is 2.45. The molecule has 0 aromatic heterocycles. The maximum Gasteiger partial charge on any atom is 0.326 e. The highest BCUT2D eigenvalue weighted by Crippen LogP contribution is 2.16. The van der Waals surface area contributed by atoms with Gasteiger partial charge in [-0.3, -0.25) is 4.79 Å². The van der Waals surface area contributed by atoms with Crippen molar-refractivity contribution in [2.75, 3.05) is 25.2 Å². The van der Waals surface area contributed by atoms with E-state index in [9.17, 15) is 4.79 Å². The number of carbonyl (C=O) groups excluding carboxylic acids is 1. The van der Waals surface area contributed by atoms with E-state index in [1.54, 1.807) is 0 Å². The van der Waals surface area contributed by atoms with Crippen molar-refractivity contribution >= 4 is 17.7 Å². The Bertz CT molecular complexity index is 199. The van der Waals surface area contributed by atoms with Gasteiger partial charge >= 0.3 is 5.97 Å². The van der Waals surface area contributed by atoms with E-state index in [2.05, 4.69) is 18.5 Å². The lowest BCUT2D eigenvalue weighted by molar-refractivity contribution is -0.150. The molecule has 1 atom stereocenters. The Hall–Kier alpha value is -0.220. The highest BCUT2D eigenvalue weighted by atomic mass is 32.2. The average molecular weight is 247 g/mol. The van der Waals surface area contributed by atoms with Gasteiger partial charge < -0.3 is 10.1 Å². The Morgan fingerprint density at radius 2 is 2.12 bits per heavy atom. The minimum Gasteiger partial charge on any atom is -0.465 e. The summed E-state index contributed by atoms with van der Waals surface area (Å²) in [5, 5.41) is 3.31. The van der Waals surface area contributed by atoms with E-state index in [1.807, 2.05) is 25.6 Å². The summed E-state index contributed by atoms with van der Waals surface area (Å²) in [7, 11) is 0. The van der Waals surface area contributed by atoms with Crippen molar-refractivity contribution in [3.8, 4) is 0 Å². The molecule has 96 valence electrons. The number of rotatable bonds is 9. The number of ether oxygens (including phenoxy) is 1. The maximum atomic E-state index is 11.9. The molecule has 0 spiro atoms. The minimum atomic E-state index is -0.512. The molecule has 0 aliphatic rings. The highest BCUT2D eigenvalue weighted by Gasteiger charge is 2.33. The average Bonchev–Trinajstić information content (AvgIpc) is 2.27. The van der Waals surface area contributed by atoms with Gasteiger partial charge in [0.2, 0.25) is 0 Å². The Balaban J connectivity index is 4.28. The minimum absolute atomic E-state index is 0.121. The van der Waals surface area contributed by atoms with Crippen LogP contribution in [0.1, 0.15) is 40.0 Å². The predicted molar refractivity (Wildman–Crippen MR) is 70.9 cm³/mol. The molecule has 0 bridgehead atoms. The summed E-state index contributed by atoms with van der Waals surface area (Å²) in [5.74, 6) is 0.965. The van der Waals surface area contributed by atoms with Crippen LogP contribution in [-0.2, 0) is 9.53 Å². The standard InChI is InChI=1S/C12H25NO2S/c1-5-9-13-12(3,8-7-10-16-4)11(14)15-6-2/h13H,5-10H2,1-4H3. The Morgan fingerprint density at radius 1 is 1.44 bits per heavy atom. The molecule has 0 aliphatic carbocycles. The van der Waals surface area contributed by atoms with Crippen molar-refractivity contribution in [3.63, 3.8) is 0 Å². The molecule has 0 saturated heterocycles. The van der Waals surface area contributed by atoms with Crippen molar-refractivity contribution in [2.45, 2.75) is 45.6 Å². The van der Waals surface area contributed by atoms with Gasteiger partial charge in [0, 0.05) is 0 Å². The summed E-state index contributed by atoms with van der Waals surface area (Å²) in [6, 6.07) is 0. The quantitative estimate of drug-likeness (QED) is 0.502. The summed E-state index contributed by atoms with van der Waals surface area (Å²) < 4.78 is 5.13. The lowest BCUT2D eigenvalue weighted by Gasteiger charge is -2.28. The molecular formula is C12H25NO2S. The summed E-state index contributed by atoms with van der Waals surface area (Å²) in [4.78, 5) is 11.9. The summed E-state index contributed by atoms with van der Waals surface area (Å²) >= 11 is 1.81. The molecule has 0 heterocycles. The molecule has 1 unspecified atom stereocenters. The van der Waals surface area contributed by atoms with Crippen LogP contribution in [0.5, 0.6) is 0 Å². The smallest absolute Gasteiger partial charge is 0.326 e. The van der Waals surface area contributed by atoms with Crippen molar-refractivity contribution in [2.24, 2.45) is 0 Å². The van der Waals surface area contributed by atoms with Crippen LogP contribution in [0.3, 0.4) is 0 Å². The third-order valence-electron chi connectivity index (χ3n) is 2.52. The van der Waals surface area contributed by atoms with Gasteiger partial charge in [0.05, 0.1) is 6.61 Å². The molecule has 0 aliphatic heterocycles. The van der Waals surface area contributed by atoms with Crippen LogP contribution in [-0.4, -0.2) is 36.7 Å². The van der Waals surface area contributed by atoms with E-state index in [0.29, 0.717) is 6.61 Å². The highest BCUT2D eigenvalue weighted by molar-refractivity contribution is 7.98. The first-order valence-electron chi connectivity index (χ1n) is 6.02. The van der Waals surface area contributed by atoms with Crippen LogP contribution < -0.4 is 5.32 Å². The first-order valence-corrected chi connectivity index (χ1v) is 7.41. The monoisotopic (exact) mass is 247 g/mol. The van der Waals surface area contributed by atoms with Gasteiger partial charge in [-0.2, -0.15) is 11.8 Å². The Labute approximate surface area is 104 Å². The van der Waals surface area contributed by atoms with E-state index in [1.165, 1.54) is 0 Å². The number of thioether (sulfide) groups is 1. The summed E-state index contributed by atoms with van der Waals surface area (Å²) in [6.45, 7) is 7.20. The SMILES string of the molecule is CCCNC(C)(CCCSC)C(=O)OCC.